The summed E-state index contributed by atoms with van der Waals surface area (Å²) in [5.41, 5.74) is 0. The van der Waals surface area contributed by atoms with E-state index < -0.39 is 0 Å². The maximum absolute atomic E-state index is 8.92. The zero-order valence-corrected chi connectivity index (χ0v) is 7.97. The van der Waals surface area contributed by atoms with Gasteiger partial charge in [0.05, 0.1) is 6.61 Å². The van der Waals surface area contributed by atoms with E-state index in [2.05, 4.69) is 10.6 Å². The van der Waals surface area contributed by atoms with Crippen LogP contribution in [-0.4, -0.2) is 45.2 Å². The quantitative estimate of drug-likeness (QED) is 0.466. The molecule has 0 aliphatic carbocycles. The van der Waals surface area contributed by atoms with E-state index in [4.69, 9.17) is 9.90 Å². The summed E-state index contributed by atoms with van der Waals surface area (Å²) < 4.78 is 0. The van der Waals surface area contributed by atoms with Crippen LogP contribution in [0.2, 0.25) is 0 Å². The summed E-state index contributed by atoms with van der Waals surface area (Å²) in [6.45, 7) is 2.14. The molecule has 0 aromatic carbocycles. The van der Waals surface area contributed by atoms with Crippen LogP contribution in [0.1, 0.15) is 12.8 Å². The number of aliphatic hydroxyl groups excluding tert-OH is 1. The first-order valence-electron chi connectivity index (χ1n) is 4.17. The second-order valence-corrected chi connectivity index (χ2v) is 2.31. The van der Waals surface area contributed by atoms with E-state index in [1.807, 2.05) is 14.1 Å². The van der Waals surface area contributed by atoms with Crippen molar-refractivity contribution in [3.8, 4) is 0 Å². The largest absolute Gasteiger partial charge is 0.389 e. The standard InChI is InChI=1S/C4H9N.C2H7N.C2H4O2/c1-2-4-5-3-1;1-3-2;3-1-2-4/h5H,1-4H2;3H,1-2H3;1,4H,2H2. The summed E-state index contributed by atoms with van der Waals surface area (Å²) in [5, 5.41) is 13.5. The Morgan fingerprint density at radius 1 is 1.42 bits per heavy atom. The van der Waals surface area contributed by atoms with Gasteiger partial charge in [-0.1, -0.05) is 0 Å². The van der Waals surface area contributed by atoms with E-state index >= 15 is 0 Å². The summed E-state index contributed by atoms with van der Waals surface area (Å²) in [6, 6.07) is 0. The third kappa shape index (κ3) is 22.7. The van der Waals surface area contributed by atoms with E-state index in [1.54, 1.807) is 0 Å². The Morgan fingerprint density at radius 2 is 1.75 bits per heavy atom. The van der Waals surface area contributed by atoms with Gasteiger partial charge in [0.25, 0.3) is 0 Å². The first-order chi connectivity index (χ1) is 5.83. The van der Waals surface area contributed by atoms with Gasteiger partial charge < -0.3 is 20.5 Å². The first-order valence-corrected chi connectivity index (χ1v) is 4.17. The Bertz CT molecular complexity index is 67.8. The number of carbonyl (C=O) groups excluding carboxylic acids is 1. The lowest BCUT2D eigenvalue weighted by Crippen LogP contribution is -2.03. The van der Waals surface area contributed by atoms with Crippen molar-refractivity contribution in [3.05, 3.63) is 0 Å². The van der Waals surface area contributed by atoms with Crippen LogP contribution in [0.3, 0.4) is 0 Å². The fourth-order valence-corrected chi connectivity index (χ4v) is 0.625. The molecule has 1 aliphatic heterocycles. The van der Waals surface area contributed by atoms with Crippen LogP contribution in [0.25, 0.3) is 0 Å². The average molecular weight is 176 g/mol. The molecule has 0 unspecified atom stereocenters. The highest BCUT2D eigenvalue weighted by atomic mass is 16.3. The van der Waals surface area contributed by atoms with Crippen LogP contribution < -0.4 is 10.6 Å². The maximum Gasteiger partial charge on any atom is 0.145 e. The third-order valence-corrected chi connectivity index (χ3v) is 1.03. The molecular formula is C8H20N2O2. The topological polar surface area (TPSA) is 61.4 Å². The van der Waals surface area contributed by atoms with Gasteiger partial charge in [-0.05, 0) is 40.0 Å². The van der Waals surface area contributed by atoms with Gasteiger partial charge in [0.1, 0.15) is 6.29 Å². The number of nitrogens with one attached hydrogen (secondary N) is 2. The minimum Gasteiger partial charge on any atom is -0.389 e. The minimum atomic E-state index is -0.361. The molecule has 1 heterocycles. The van der Waals surface area contributed by atoms with Crippen LogP contribution in [0.4, 0.5) is 0 Å². The normalized spacial score (nSPS) is 13.6. The molecule has 0 aromatic rings. The Kier molecular flexibility index (Phi) is 19.8. The summed E-state index contributed by atoms with van der Waals surface area (Å²) >= 11 is 0. The lowest BCUT2D eigenvalue weighted by Gasteiger charge is -1.76. The highest BCUT2D eigenvalue weighted by Crippen LogP contribution is 1.90. The van der Waals surface area contributed by atoms with Crippen LogP contribution in [0.5, 0.6) is 0 Å². The van der Waals surface area contributed by atoms with Crippen molar-refractivity contribution in [1.29, 1.82) is 0 Å². The molecule has 0 saturated carbocycles. The average Bonchev–Trinajstić information content (AvgIpc) is 2.62. The lowest BCUT2D eigenvalue weighted by atomic mass is 10.4. The Hall–Kier alpha value is -0.450. The van der Waals surface area contributed by atoms with E-state index in [-0.39, 0.29) is 6.61 Å². The van der Waals surface area contributed by atoms with Gasteiger partial charge in [0.15, 0.2) is 0 Å². The zero-order chi connectivity index (χ0) is 9.66. The van der Waals surface area contributed by atoms with Crippen molar-refractivity contribution >= 4 is 6.29 Å². The maximum atomic E-state index is 8.92. The zero-order valence-electron chi connectivity index (χ0n) is 7.97. The molecule has 0 atom stereocenters. The molecule has 0 bridgehead atoms. The lowest BCUT2D eigenvalue weighted by molar-refractivity contribution is -0.110. The van der Waals surface area contributed by atoms with Gasteiger partial charge in [0, 0.05) is 0 Å². The molecule has 0 aromatic heterocycles. The van der Waals surface area contributed by atoms with E-state index in [9.17, 15) is 0 Å². The van der Waals surface area contributed by atoms with E-state index in [1.165, 1.54) is 25.9 Å². The molecule has 12 heavy (non-hydrogen) atoms. The van der Waals surface area contributed by atoms with Crippen molar-refractivity contribution in [2.75, 3.05) is 33.8 Å². The molecule has 1 aliphatic rings. The SMILES string of the molecule is C1CCNC1.CNC.O=CCO. The Morgan fingerprint density at radius 3 is 1.83 bits per heavy atom. The van der Waals surface area contributed by atoms with Crippen LogP contribution in [0.15, 0.2) is 0 Å². The number of carbonyl (C=O) groups is 1. The Balaban J connectivity index is 0. The summed E-state index contributed by atoms with van der Waals surface area (Å²) in [6.07, 6.45) is 3.21. The molecule has 74 valence electrons. The number of aldehydes is 1. The highest BCUT2D eigenvalue weighted by Gasteiger charge is 1.93. The number of hydrogen-bond donors (Lipinski definition) is 3. The van der Waals surface area contributed by atoms with Crippen molar-refractivity contribution in [3.63, 3.8) is 0 Å². The Labute approximate surface area is 74.4 Å². The minimum absolute atomic E-state index is 0.361. The van der Waals surface area contributed by atoms with Gasteiger partial charge in [-0.25, -0.2) is 0 Å². The predicted octanol–water partition coefficient (Wildman–Crippen LogP) is -0.617. The second-order valence-electron chi connectivity index (χ2n) is 2.31. The smallest absolute Gasteiger partial charge is 0.145 e. The molecule has 0 radical (unpaired) electrons. The number of hydrogen-bond acceptors (Lipinski definition) is 4. The fourth-order valence-electron chi connectivity index (χ4n) is 0.625. The highest BCUT2D eigenvalue weighted by molar-refractivity contribution is 5.49. The fraction of sp³-hybridized carbons (Fsp3) is 0.875. The van der Waals surface area contributed by atoms with Gasteiger partial charge in [0.2, 0.25) is 0 Å². The summed E-state index contributed by atoms with van der Waals surface area (Å²) in [4.78, 5) is 8.92. The molecule has 4 heteroatoms. The first kappa shape index (κ1) is 14.1. The molecule has 0 spiro atoms. The van der Waals surface area contributed by atoms with Gasteiger partial charge >= 0.3 is 0 Å². The number of rotatable bonds is 1. The molecule has 1 rings (SSSR count). The predicted molar refractivity (Wildman–Crippen MR) is 50.2 cm³/mol. The molecule has 3 N–H and O–H groups in total. The molecular weight excluding hydrogens is 156 g/mol. The van der Waals surface area contributed by atoms with E-state index in [0.717, 1.165) is 0 Å². The summed E-state index contributed by atoms with van der Waals surface area (Å²) in [5.74, 6) is 0. The van der Waals surface area contributed by atoms with E-state index in [0.29, 0.717) is 6.29 Å². The third-order valence-electron chi connectivity index (χ3n) is 1.03. The summed E-state index contributed by atoms with van der Waals surface area (Å²) in [7, 11) is 3.75. The van der Waals surface area contributed by atoms with Crippen molar-refractivity contribution in [2.45, 2.75) is 12.8 Å². The molecule has 1 saturated heterocycles. The van der Waals surface area contributed by atoms with Gasteiger partial charge in [-0.2, -0.15) is 0 Å². The van der Waals surface area contributed by atoms with Gasteiger partial charge in [-0.3, -0.25) is 0 Å². The molecule has 4 nitrogen and oxygen atoms in total. The van der Waals surface area contributed by atoms with Crippen molar-refractivity contribution < 1.29 is 9.90 Å². The monoisotopic (exact) mass is 176 g/mol. The van der Waals surface area contributed by atoms with Crippen LogP contribution in [-0.2, 0) is 4.79 Å². The number of aliphatic hydroxyl groups is 1. The van der Waals surface area contributed by atoms with Crippen molar-refractivity contribution in [1.82, 2.24) is 10.6 Å². The second kappa shape index (κ2) is 16.9. The molecule has 1 fully saturated rings. The van der Waals surface area contributed by atoms with Crippen molar-refractivity contribution in [2.24, 2.45) is 0 Å². The molecule has 0 amide bonds. The van der Waals surface area contributed by atoms with Crippen LogP contribution >= 0.6 is 0 Å². The van der Waals surface area contributed by atoms with Gasteiger partial charge in [-0.15, -0.1) is 0 Å². The van der Waals surface area contributed by atoms with Crippen LogP contribution in [0, 0.1) is 0 Å².